The van der Waals surface area contributed by atoms with Crippen molar-refractivity contribution in [1.29, 1.82) is 0 Å². The first-order chi connectivity index (χ1) is 8.56. The SMILES string of the molecule is Cc1ccc(CNc2cc(Cl)ccc2Cl)c(C)c1. The molecule has 0 aromatic heterocycles. The summed E-state index contributed by atoms with van der Waals surface area (Å²) >= 11 is 12.1. The van der Waals surface area contributed by atoms with Crippen molar-refractivity contribution in [3.05, 3.63) is 63.1 Å². The van der Waals surface area contributed by atoms with Crippen LogP contribution in [0.1, 0.15) is 16.7 Å². The van der Waals surface area contributed by atoms with Crippen molar-refractivity contribution in [2.75, 3.05) is 5.32 Å². The maximum absolute atomic E-state index is 6.11. The van der Waals surface area contributed by atoms with Crippen molar-refractivity contribution in [1.82, 2.24) is 0 Å². The zero-order valence-electron chi connectivity index (χ0n) is 10.4. The first-order valence-corrected chi connectivity index (χ1v) is 6.57. The molecule has 0 saturated carbocycles. The van der Waals surface area contributed by atoms with E-state index in [0.717, 1.165) is 12.2 Å². The Labute approximate surface area is 118 Å². The van der Waals surface area contributed by atoms with Gasteiger partial charge >= 0.3 is 0 Å². The van der Waals surface area contributed by atoms with Crippen LogP contribution < -0.4 is 5.32 Å². The molecular formula is C15H15Cl2N. The van der Waals surface area contributed by atoms with E-state index in [2.05, 4.69) is 37.4 Å². The van der Waals surface area contributed by atoms with Crippen LogP contribution >= 0.6 is 23.2 Å². The molecule has 0 spiro atoms. The van der Waals surface area contributed by atoms with Crippen molar-refractivity contribution < 1.29 is 0 Å². The lowest BCUT2D eigenvalue weighted by molar-refractivity contribution is 1.11. The maximum Gasteiger partial charge on any atom is 0.0638 e. The topological polar surface area (TPSA) is 12.0 Å². The van der Waals surface area contributed by atoms with Gasteiger partial charge in [0.25, 0.3) is 0 Å². The smallest absolute Gasteiger partial charge is 0.0638 e. The van der Waals surface area contributed by atoms with Gasteiger partial charge in [0.2, 0.25) is 0 Å². The minimum atomic E-state index is 0.683. The molecule has 2 aromatic rings. The molecule has 0 heterocycles. The van der Waals surface area contributed by atoms with Crippen LogP contribution in [0.15, 0.2) is 36.4 Å². The Kier molecular flexibility index (Phi) is 4.15. The largest absolute Gasteiger partial charge is 0.380 e. The minimum Gasteiger partial charge on any atom is -0.380 e. The third-order valence-corrected chi connectivity index (χ3v) is 3.46. The Morgan fingerprint density at radius 3 is 2.50 bits per heavy atom. The fourth-order valence-electron chi connectivity index (χ4n) is 1.87. The summed E-state index contributed by atoms with van der Waals surface area (Å²) in [5.74, 6) is 0. The second-order valence-electron chi connectivity index (χ2n) is 4.41. The molecule has 0 unspecified atom stereocenters. The van der Waals surface area contributed by atoms with Crippen LogP contribution in [0, 0.1) is 13.8 Å². The average Bonchev–Trinajstić information content (AvgIpc) is 2.32. The second kappa shape index (κ2) is 5.64. The number of halogens is 2. The van der Waals surface area contributed by atoms with E-state index in [1.165, 1.54) is 16.7 Å². The molecule has 1 nitrogen and oxygen atoms in total. The Bertz CT molecular complexity index is 564. The van der Waals surface area contributed by atoms with E-state index >= 15 is 0 Å². The third kappa shape index (κ3) is 3.18. The summed E-state index contributed by atoms with van der Waals surface area (Å²) in [7, 11) is 0. The van der Waals surface area contributed by atoms with Gasteiger partial charge in [-0.3, -0.25) is 0 Å². The maximum atomic E-state index is 6.11. The van der Waals surface area contributed by atoms with Crippen LogP contribution in [0.25, 0.3) is 0 Å². The lowest BCUT2D eigenvalue weighted by Crippen LogP contribution is -2.02. The Morgan fingerprint density at radius 1 is 1.00 bits per heavy atom. The first kappa shape index (κ1) is 13.3. The van der Waals surface area contributed by atoms with E-state index in [9.17, 15) is 0 Å². The summed E-state index contributed by atoms with van der Waals surface area (Å²) in [4.78, 5) is 0. The normalized spacial score (nSPS) is 10.4. The van der Waals surface area contributed by atoms with Crippen LogP contribution in [0.4, 0.5) is 5.69 Å². The highest BCUT2D eigenvalue weighted by Gasteiger charge is 2.03. The standard InChI is InChI=1S/C15H15Cl2N/c1-10-3-4-12(11(2)7-10)9-18-15-8-13(16)5-6-14(15)17/h3-8,18H,9H2,1-2H3. The fourth-order valence-corrected chi connectivity index (χ4v) is 2.22. The quantitative estimate of drug-likeness (QED) is 0.812. The van der Waals surface area contributed by atoms with Crippen LogP contribution in [0.2, 0.25) is 10.0 Å². The van der Waals surface area contributed by atoms with Crippen LogP contribution in [-0.4, -0.2) is 0 Å². The summed E-state index contributed by atoms with van der Waals surface area (Å²) < 4.78 is 0. The lowest BCUT2D eigenvalue weighted by Gasteiger charge is -2.11. The Hall–Kier alpha value is -1.18. The van der Waals surface area contributed by atoms with Gasteiger partial charge in [0.15, 0.2) is 0 Å². The van der Waals surface area contributed by atoms with Gasteiger partial charge in [-0.1, -0.05) is 47.0 Å². The summed E-state index contributed by atoms with van der Waals surface area (Å²) in [5.41, 5.74) is 4.68. The van der Waals surface area contributed by atoms with Crippen LogP contribution in [-0.2, 0) is 6.54 Å². The number of nitrogens with one attached hydrogen (secondary N) is 1. The van der Waals surface area contributed by atoms with Crippen molar-refractivity contribution in [3.63, 3.8) is 0 Å². The molecular weight excluding hydrogens is 265 g/mol. The Balaban J connectivity index is 2.13. The van der Waals surface area contributed by atoms with Crippen molar-refractivity contribution in [2.45, 2.75) is 20.4 Å². The van der Waals surface area contributed by atoms with Crippen LogP contribution in [0.3, 0.4) is 0 Å². The Morgan fingerprint density at radius 2 is 1.78 bits per heavy atom. The number of anilines is 1. The van der Waals surface area contributed by atoms with Crippen molar-refractivity contribution >= 4 is 28.9 Å². The minimum absolute atomic E-state index is 0.683. The summed E-state index contributed by atoms with van der Waals surface area (Å²) in [5, 5.41) is 4.68. The van der Waals surface area contributed by atoms with Gasteiger partial charge in [-0.25, -0.2) is 0 Å². The molecule has 1 N–H and O–H groups in total. The van der Waals surface area contributed by atoms with Crippen molar-refractivity contribution in [2.24, 2.45) is 0 Å². The van der Waals surface area contributed by atoms with Crippen LogP contribution in [0.5, 0.6) is 0 Å². The van der Waals surface area contributed by atoms with E-state index in [0.29, 0.717) is 10.0 Å². The molecule has 0 radical (unpaired) electrons. The van der Waals surface area contributed by atoms with E-state index in [-0.39, 0.29) is 0 Å². The predicted octanol–water partition coefficient (Wildman–Crippen LogP) is 5.22. The molecule has 0 saturated heterocycles. The van der Waals surface area contributed by atoms with E-state index in [1.807, 2.05) is 6.07 Å². The molecule has 0 atom stereocenters. The summed E-state index contributed by atoms with van der Waals surface area (Å²) in [6, 6.07) is 11.9. The summed E-state index contributed by atoms with van der Waals surface area (Å²) in [6.45, 7) is 4.95. The zero-order chi connectivity index (χ0) is 13.1. The fraction of sp³-hybridized carbons (Fsp3) is 0.200. The average molecular weight is 280 g/mol. The van der Waals surface area contributed by atoms with E-state index in [4.69, 9.17) is 23.2 Å². The molecule has 0 aliphatic rings. The molecule has 3 heteroatoms. The number of aryl methyl sites for hydroxylation is 2. The molecule has 94 valence electrons. The number of rotatable bonds is 3. The van der Waals surface area contributed by atoms with Gasteiger partial charge in [-0.05, 0) is 43.2 Å². The van der Waals surface area contributed by atoms with Gasteiger partial charge in [0.05, 0.1) is 10.7 Å². The third-order valence-electron chi connectivity index (χ3n) is 2.90. The second-order valence-corrected chi connectivity index (χ2v) is 5.25. The highest BCUT2D eigenvalue weighted by atomic mass is 35.5. The van der Waals surface area contributed by atoms with E-state index < -0.39 is 0 Å². The van der Waals surface area contributed by atoms with E-state index in [1.54, 1.807) is 12.1 Å². The van der Waals surface area contributed by atoms with Gasteiger partial charge in [0, 0.05) is 11.6 Å². The lowest BCUT2D eigenvalue weighted by atomic mass is 10.1. The predicted molar refractivity (Wildman–Crippen MR) is 79.7 cm³/mol. The highest BCUT2D eigenvalue weighted by Crippen LogP contribution is 2.26. The van der Waals surface area contributed by atoms with Gasteiger partial charge in [-0.15, -0.1) is 0 Å². The van der Waals surface area contributed by atoms with Gasteiger partial charge in [0.1, 0.15) is 0 Å². The number of hydrogen-bond acceptors (Lipinski definition) is 1. The van der Waals surface area contributed by atoms with Crippen molar-refractivity contribution in [3.8, 4) is 0 Å². The molecule has 2 rings (SSSR count). The molecule has 0 amide bonds. The molecule has 0 aliphatic heterocycles. The highest BCUT2D eigenvalue weighted by molar-refractivity contribution is 6.35. The molecule has 0 bridgehead atoms. The first-order valence-electron chi connectivity index (χ1n) is 5.81. The molecule has 0 fully saturated rings. The van der Waals surface area contributed by atoms with Gasteiger partial charge < -0.3 is 5.32 Å². The molecule has 18 heavy (non-hydrogen) atoms. The number of hydrogen-bond donors (Lipinski definition) is 1. The zero-order valence-corrected chi connectivity index (χ0v) is 11.9. The van der Waals surface area contributed by atoms with Gasteiger partial charge in [-0.2, -0.15) is 0 Å². The molecule has 2 aromatic carbocycles. The monoisotopic (exact) mass is 279 g/mol. The number of benzene rings is 2. The molecule has 0 aliphatic carbocycles. The summed E-state index contributed by atoms with van der Waals surface area (Å²) in [6.07, 6.45) is 0.